The summed E-state index contributed by atoms with van der Waals surface area (Å²) in [5.41, 5.74) is 0.314. The van der Waals surface area contributed by atoms with Crippen LogP contribution >= 0.6 is 0 Å². The monoisotopic (exact) mass is 240 g/mol. The summed E-state index contributed by atoms with van der Waals surface area (Å²) < 4.78 is 0. The molecule has 3 heteroatoms. The van der Waals surface area contributed by atoms with Crippen molar-refractivity contribution in [1.29, 1.82) is 0 Å². The van der Waals surface area contributed by atoms with Gasteiger partial charge in [0, 0.05) is 37.8 Å². The molecule has 3 nitrogen and oxygen atoms in total. The number of hydrogen-bond donors (Lipinski definition) is 1. The van der Waals surface area contributed by atoms with Gasteiger partial charge in [0.15, 0.2) is 0 Å². The van der Waals surface area contributed by atoms with Crippen molar-refractivity contribution in [3.63, 3.8) is 0 Å². The topological polar surface area (TPSA) is 26.7 Å². The molecule has 0 aromatic carbocycles. The van der Waals surface area contributed by atoms with E-state index in [-0.39, 0.29) is 6.10 Å². The van der Waals surface area contributed by atoms with E-state index in [1.54, 1.807) is 0 Å². The zero-order valence-corrected chi connectivity index (χ0v) is 11.7. The highest BCUT2D eigenvalue weighted by Crippen LogP contribution is 2.25. The normalized spacial score (nSPS) is 33.9. The van der Waals surface area contributed by atoms with Gasteiger partial charge in [-0.3, -0.25) is 9.80 Å². The Morgan fingerprint density at radius 1 is 0.882 bits per heavy atom. The molecule has 1 N–H and O–H groups in total. The molecule has 2 aliphatic rings. The van der Waals surface area contributed by atoms with Gasteiger partial charge in [0.05, 0.1) is 6.10 Å². The molecule has 1 aliphatic heterocycles. The summed E-state index contributed by atoms with van der Waals surface area (Å²) >= 11 is 0. The van der Waals surface area contributed by atoms with Crippen molar-refractivity contribution in [2.75, 3.05) is 26.2 Å². The first-order valence-corrected chi connectivity index (χ1v) is 7.14. The fraction of sp³-hybridized carbons (Fsp3) is 1.00. The van der Waals surface area contributed by atoms with Gasteiger partial charge in [-0.1, -0.05) is 0 Å². The molecule has 2 fully saturated rings. The lowest BCUT2D eigenvalue weighted by atomic mass is 9.91. The molecule has 0 unspecified atom stereocenters. The first kappa shape index (κ1) is 13.3. The highest BCUT2D eigenvalue weighted by Gasteiger charge is 2.30. The van der Waals surface area contributed by atoms with Crippen LogP contribution in [-0.2, 0) is 0 Å². The standard InChI is InChI=1S/C14H28N2O/c1-14(2,3)16-10-8-15(9-11-16)12-4-6-13(17)7-5-12/h12-13,17H,4-11H2,1-3H3. The predicted octanol–water partition coefficient (Wildman–Crippen LogP) is 1.71. The number of aliphatic hydroxyl groups is 1. The Balaban J connectivity index is 1.79. The number of nitrogens with zero attached hydrogens (tertiary/aromatic N) is 2. The molecule has 0 spiro atoms. The minimum atomic E-state index is -0.0258. The summed E-state index contributed by atoms with van der Waals surface area (Å²) in [4.78, 5) is 5.23. The third kappa shape index (κ3) is 3.43. The Bertz CT molecular complexity index is 233. The van der Waals surface area contributed by atoms with E-state index < -0.39 is 0 Å². The van der Waals surface area contributed by atoms with Crippen molar-refractivity contribution >= 4 is 0 Å². The second-order valence-corrected chi connectivity index (χ2v) is 6.66. The summed E-state index contributed by atoms with van der Waals surface area (Å²) in [5.74, 6) is 0. The van der Waals surface area contributed by atoms with E-state index in [9.17, 15) is 5.11 Å². The van der Waals surface area contributed by atoms with Crippen LogP contribution in [0, 0.1) is 0 Å². The first-order valence-electron chi connectivity index (χ1n) is 7.14. The average Bonchev–Trinajstić information content (AvgIpc) is 2.29. The zero-order chi connectivity index (χ0) is 12.5. The SMILES string of the molecule is CC(C)(C)N1CCN(C2CCC(O)CC2)CC1. The minimum absolute atomic E-state index is 0.0258. The van der Waals surface area contributed by atoms with E-state index in [4.69, 9.17) is 0 Å². The van der Waals surface area contributed by atoms with Crippen molar-refractivity contribution in [2.24, 2.45) is 0 Å². The lowest BCUT2D eigenvalue weighted by Crippen LogP contribution is -2.56. The Hall–Kier alpha value is -0.120. The van der Waals surface area contributed by atoms with Crippen LogP contribution in [0.15, 0.2) is 0 Å². The quantitative estimate of drug-likeness (QED) is 0.756. The molecular formula is C14H28N2O. The molecule has 0 bridgehead atoms. The van der Waals surface area contributed by atoms with E-state index in [2.05, 4.69) is 30.6 Å². The van der Waals surface area contributed by atoms with Gasteiger partial charge in [-0.05, 0) is 46.5 Å². The second kappa shape index (κ2) is 5.25. The van der Waals surface area contributed by atoms with Gasteiger partial charge in [0.2, 0.25) is 0 Å². The van der Waals surface area contributed by atoms with Gasteiger partial charge in [0.25, 0.3) is 0 Å². The Labute approximate surface area is 106 Å². The zero-order valence-electron chi connectivity index (χ0n) is 11.7. The number of piperazine rings is 1. The first-order chi connectivity index (χ1) is 7.97. The molecule has 1 aliphatic carbocycles. The van der Waals surface area contributed by atoms with Gasteiger partial charge < -0.3 is 5.11 Å². The molecule has 1 saturated carbocycles. The highest BCUT2D eigenvalue weighted by atomic mass is 16.3. The molecule has 17 heavy (non-hydrogen) atoms. The van der Waals surface area contributed by atoms with Gasteiger partial charge in [-0.25, -0.2) is 0 Å². The molecule has 0 amide bonds. The Morgan fingerprint density at radius 2 is 1.41 bits per heavy atom. The van der Waals surface area contributed by atoms with E-state index >= 15 is 0 Å². The number of hydrogen-bond acceptors (Lipinski definition) is 3. The molecular weight excluding hydrogens is 212 g/mol. The van der Waals surface area contributed by atoms with Crippen molar-refractivity contribution in [1.82, 2.24) is 9.80 Å². The van der Waals surface area contributed by atoms with Crippen LogP contribution < -0.4 is 0 Å². The minimum Gasteiger partial charge on any atom is -0.393 e. The molecule has 0 radical (unpaired) electrons. The predicted molar refractivity (Wildman–Crippen MR) is 71.2 cm³/mol. The smallest absolute Gasteiger partial charge is 0.0541 e. The highest BCUT2D eigenvalue weighted by molar-refractivity contribution is 4.86. The van der Waals surface area contributed by atoms with Crippen LogP contribution in [0.2, 0.25) is 0 Å². The van der Waals surface area contributed by atoms with E-state index in [1.807, 2.05) is 0 Å². The van der Waals surface area contributed by atoms with Gasteiger partial charge in [0.1, 0.15) is 0 Å². The molecule has 2 rings (SSSR count). The fourth-order valence-electron chi connectivity index (χ4n) is 3.18. The summed E-state index contributed by atoms with van der Waals surface area (Å²) in [7, 11) is 0. The van der Waals surface area contributed by atoms with Gasteiger partial charge in [-0.15, -0.1) is 0 Å². The van der Waals surface area contributed by atoms with Crippen LogP contribution in [0.3, 0.4) is 0 Å². The lowest BCUT2D eigenvalue weighted by Gasteiger charge is -2.45. The largest absolute Gasteiger partial charge is 0.393 e. The van der Waals surface area contributed by atoms with Crippen molar-refractivity contribution < 1.29 is 5.11 Å². The third-order valence-electron chi connectivity index (χ3n) is 4.45. The molecule has 100 valence electrons. The summed E-state index contributed by atoms with van der Waals surface area (Å²) in [6.07, 6.45) is 4.36. The van der Waals surface area contributed by atoms with Crippen molar-refractivity contribution in [3.8, 4) is 0 Å². The van der Waals surface area contributed by atoms with Crippen LogP contribution in [0.4, 0.5) is 0 Å². The van der Waals surface area contributed by atoms with Crippen LogP contribution in [0.5, 0.6) is 0 Å². The van der Waals surface area contributed by atoms with Crippen LogP contribution in [0.25, 0.3) is 0 Å². The fourth-order valence-corrected chi connectivity index (χ4v) is 3.18. The third-order valence-corrected chi connectivity index (χ3v) is 4.45. The lowest BCUT2D eigenvalue weighted by molar-refractivity contribution is 0.0172. The van der Waals surface area contributed by atoms with Crippen molar-refractivity contribution in [3.05, 3.63) is 0 Å². The van der Waals surface area contributed by atoms with E-state index in [1.165, 1.54) is 39.0 Å². The maximum atomic E-state index is 9.55. The Kier molecular flexibility index (Phi) is 4.11. The van der Waals surface area contributed by atoms with Gasteiger partial charge >= 0.3 is 0 Å². The van der Waals surface area contributed by atoms with Crippen LogP contribution in [0.1, 0.15) is 46.5 Å². The number of aliphatic hydroxyl groups excluding tert-OH is 1. The van der Waals surface area contributed by atoms with E-state index in [0.717, 1.165) is 18.9 Å². The average molecular weight is 240 g/mol. The molecule has 0 atom stereocenters. The molecule has 1 saturated heterocycles. The maximum Gasteiger partial charge on any atom is 0.0541 e. The van der Waals surface area contributed by atoms with Gasteiger partial charge in [-0.2, -0.15) is 0 Å². The number of rotatable bonds is 1. The maximum absolute atomic E-state index is 9.55. The summed E-state index contributed by atoms with van der Waals surface area (Å²) in [5, 5.41) is 9.55. The van der Waals surface area contributed by atoms with Crippen LogP contribution in [-0.4, -0.2) is 58.8 Å². The van der Waals surface area contributed by atoms with E-state index in [0.29, 0.717) is 5.54 Å². The molecule has 0 aromatic heterocycles. The summed E-state index contributed by atoms with van der Waals surface area (Å²) in [6, 6.07) is 0.737. The van der Waals surface area contributed by atoms with Crippen molar-refractivity contribution in [2.45, 2.75) is 64.1 Å². The molecule has 0 aromatic rings. The Morgan fingerprint density at radius 3 is 1.88 bits per heavy atom. The molecule has 1 heterocycles. The second-order valence-electron chi connectivity index (χ2n) is 6.66. The summed E-state index contributed by atoms with van der Waals surface area (Å²) in [6.45, 7) is 11.7.